The van der Waals surface area contributed by atoms with E-state index in [9.17, 15) is 4.79 Å². The van der Waals surface area contributed by atoms with Gasteiger partial charge in [0.25, 0.3) is 0 Å². The van der Waals surface area contributed by atoms with Crippen molar-refractivity contribution in [3.63, 3.8) is 0 Å². The topological polar surface area (TPSA) is 53.6 Å². The lowest BCUT2D eigenvalue weighted by atomic mass is 9.94. The normalized spacial score (nSPS) is 27.9. The maximum atomic E-state index is 10.7. The SMILES string of the molecule is CNN1CC2(COC(=O)N2)C1. The molecule has 0 unspecified atom stereocenters. The van der Waals surface area contributed by atoms with Crippen LogP contribution >= 0.6 is 0 Å². The lowest BCUT2D eigenvalue weighted by molar-refractivity contribution is 0.0111. The van der Waals surface area contributed by atoms with E-state index in [2.05, 4.69) is 10.7 Å². The second-order valence-corrected chi connectivity index (χ2v) is 3.06. The summed E-state index contributed by atoms with van der Waals surface area (Å²) in [6.07, 6.45) is -0.291. The van der Waals surface area contributed by atoms with E-state index < -0.39 is 0 Å². The third-order valence-corrected chi connectivity index (χ3v) is 2.15. The maximum absolute atomic E-state index is 10.7. The van der Waals surface area contributed by atoms with E-state index in [4.69, 9.17) is 4.74 Å². The van der Waals surface area contributed by atoms with Crippen molar-refractivity contribution < 1.29 is 9.53 Å². The predicted molar refractivity (Wildman–Crippen MR) is 37.8 cm³/mol. The van der Waals surface area contributed by atoms with Gasteiger partial charge in [-0.2, -0.15) is 0 Å². The summed E-state index contributed by atoms with van der Waals surface area (Å²) in [5.74, 6) is 0. The molecular formula is C6H11N3O2. The van der Waals surface area contributed by atoms with Gasteiger partial charge in [-0.1, -0.05) is 0 Å². The first-order valence-corrected chi connectivity index (χ1v) is 3.61. The molecular weight excluding hydrogens is 146 g/mol. The summed E-state index contributed by atoms with van der Waals surface area (Å²) in [6, 6.07) is 0. The molecule has 5 nitrogen and oxygen atoms in total. The first kappa shape index (κ1) is 6.87. The molecule has 0 atom stereocenters. The van der Waals surface area contributed by atoms with Crippen LogP contribution in [-0.2, 0) is 4.74 Å². The van der Waals surface area contributed by atoms with Crippen LogP contribution in [0.25, 0.3) is 0 Å². The lowest BCUT2D eigenvalue weighted by Gasteiger charge is -2.45. The molecule has 0 radical (unpaired) electrons. The average Bonchev–Trinajstić information content (AvgIpc) is 2.28. The minimum atomic E-state index is -0.291. The number of amides is 1. The molecule has 2 N–H and O–H groups in total. The Morgan fingerprint density at radius 3 is 2.91 bits per heavy atom. The summed E-state index contributed by atoms with van der Waals surface area (Å²) in [6.45, 7) is 2.16. The number of alkyl carbamates (subject to hydrolysis) is 1. The Kier molecular flexibility index (Phi) is 1.30. The summed E-state index contributed by atoms with van der Waals surface area (Å²) in [7, 11) is 1.87. The van der Waals surface area contributed by atoms with E-state index in [0.717, 1.165) is 13.1 Å². The lowest BCUT2D eigenvalue weighted by Crippen LogP contribution is -2.71. The van der Waals surface area contributed by atoms with Crippen molar-refractivity contribution in [1.29, 1.82) is 0 Å². The van der Waals surface area contributed by atoms with Gasteiger partial charge in [-0.3, -0.25) is 5.43 Å². The van der Waals surface area contributed by atoms with Crippen molar-refractivity contribution in [2.24, 2.45) is 0 Å². The van der Waals surface area contributed by atoms with Gasteiger partial charge in [0.05, 0.1) is 0 Å². The first-order valence-electron chi connectivity index (χ1n) is 3.61. The fraction of sp³-hybridized carbons (Fsp3) is 0.833. The van der Waals surface area contributed by atoms with Crippen molar-refractivity contribution in [3.05, 3.63) is 0 Å². The summed E-state index contributed by atoms with van der Waals surface area (Å²) < 4.78 is 4.80. The maximum Gasteiger partial charge on any atom is 0.407 e. The number of nitrogens with zero attached hydrogens (tertiary/aromatic N) is 1. The number of rotatable bonds is 1. The number of hydrogen-bond donors (Lipinski definition) is 2. The highest BCUT2D eigenvalue weighted by Crippen LogP contribution is 2.22. The number of cyclic esters (lactones) is 1. The molecule has 1 spiro atoms. The number of hydrazine groups is 1. The van der Waals surface area contributed by atoms with E-state index in [0.29, 0.717) is 6.61 Å². The third-order valence-electron chi connectivity index (χ3n) is 2.15. The van der Waals surface area contributed by atoms with Crippen LogP contribution in [0, 0.1) is 0 Å². The molecule has 2 aliphatic rings. The molecule has 0 aromatic heterocycles. The molecule has 0 bridgehead atoms. The molecule has 2 rings (SSSR count). The zero-order valence-corrected chi connectivity index (χ0v) is 6.39. The summed E-state index contributed by atoms with van der Waals surface area (Å²) in [5, 5.41) is 4.81. The minimum absolute atomic E-state index is 0.0971. The van der Waals surface area contributed by atoms with E-state index >= 15 is 0 Å². The molecule has 2 aliphatic heterocycles. The van der Waals surface area contributed by atoms with Crippen molar-refractivity contribution in [3.8, 4) is 0 Å². The van der Waals surface area contributed by atoms with Crippen molar-refractivity contribution in [2.45, 2.75) is 5.54 Å². The standard InChI is InChI=1S/C6H11N3O2/c1-7-9-2-6(3-9)4-11-5(10)8-6/h7H,2-4H2,1H3,(H,8,10). The Hall–Kier alpha value is -0.810. The average molecular weight is 157 g/mol. The van der Waals surface area contributed by atoms with E-state index in [-0.39, 0.29) is 11.6 Å². The highest BCUT2D eigenvalue weighted by molar-refractivity contribution is 5.71. The van der Waals surface area contributed by atoms with Gasteiger partial charge in [-0.25, -0.2) is 9.80 Å². The van der Waals surface area contributed by atoms with Gasteiger partial charge < -0.3 is 10.1 Å². The van der Waals surface area contributed by atoms with Crippen LogP contribution in [0.4, 0.5) is 4.79 Å². The van der Waals surface area contributed by atoms with Crippen LogP contribution in [0.1, 0.15) is 0 Å². The van der Waals surface area contributed by atoms with Gasteiger partial charge in [0.15, 0.2) is 0 Å². The third kappa shape index (κ3) is 0.965. The van der Waals surface area contributed by atoms with E-state index in [1.165, 1.54) is 0 Å². The van der Waals surface area contributed by atoms with Crippen molar-refractivity contribution >= 4 is 6.09 Å². The van der Waals surface area contributed by atoms with Gasteiger partial charge in [0.1, 0.15) is 12.1 Å². The number of nitrogens with one attached hydrogen (secondary N) is 2. The van der Waals surface area contributed by atoms with E-state index in [1.54, 1.807) is 0 Å². The smallest absolute Gasteiger partial charge is 0.407 e. The number of hydrogen-bond acceptors (Lipinski definition) is 4. The Balaban J connectivity index is 1.92. The van der Waals surface area contributed by atoms with Crippen molar-refractivity contribution in [1.82, 2.24) is 15.8 Å². The predicted octanol–water partition coefficient (Wildman–Crippen LogP) is -1.08. The van der Waals surface area contributed by atoms with Gasteiger partial charge in [0, 0.05) is 13.1 Å². The van der Waals surface area contributed by atoms with E-state index in [1.807, 2.05) is 12.1 Å². The van der Waals surface area contributed by atoms with Crippen LogP contribution in [-0.4, -0.2) is 43.4 Å². The highest BCUT2D eigenvalue weighted by atomic mass is 16.6. The van der Waals surface area contributed by atoms with Crippen LogP contribution in [0.15, 0.2) is 0 Å². The molecule has 11 heavy (non-hydrogen) atoms. The molecule has 1 amide bonds. The molecule has 0 saturated carbocycles. The molecule has 0 aromatic rings. The van der Waals surface area contributed by atoms with Crippen LogP contribution in [0.3, 0.4) is 0 Å². The molecule has 2 saturated heterocycles. The molecule has 62 valence electrons. The molecule has 2 fully saturated rings. The number of ether oxygens (including phenoxy) is 1. The monoisotopic (exact) mass is 157 g/mol. The Labute approximate surface area is 64.7 Å². The van der Waals surface area contributed by atoms with Gasteiger partial charge in [0.2, 0.25) is 0 Å². The van der Waals surface area contributed by atoms with Gasteiger partial charge >= 0.3 is 6.09 Å². The van der Waals surface area contributed by atoms with Crippen LogP contribution in [0.2, 0.25) is 0 Å². The second kappa shape index (κ2) is 2.09. The fourth-order valence-corrected chi connectivity index (χ4v) is 1.51. The summed E-state index contributed by atoms with van der Waals surface area (Å²) >= 11 is 0. The number of carbonyl (C=O) groups excluding carboxylic acids is 1. The van der Waals surface area contributed by atoms with Gasteiger partial charge in [-0.05, 0) is 7.05 Å². The Bertz CT molecular complexity index is 188. The minimum Gasteiger partial charge on any atom is -0.447 e. The number of carbonyl (C=O) groups is 1. The van der Waals surface area contributed by atoms with Crippen molar-refractivity contribution in [2.75, 3.05) is 26.7 Å². The Morgan fingerprint density at radius 1 is 1.73 bits per heavy atom. The quantitative estimate of drug-likeness (QED) is 0.508. The molecule has 2 heterocycles. The molecule has 0 aromatic carbocycles. The highest BCUT2D eigenvalue weighted by Gasteiger charge is 2.49. The fourth-order valence-electron chi connectivity index (χ4n) is 1.51. The largest absolute Gasteiger partial charge is 0.447 e. The first-order chi connectivity index (χ1) is 5.24. The van der Waals surface area contributed by atoms with Gasteiger partial charge in [-0.15, -0.1) is 0 Å². The second-order valence-electron chi connectivity index (χ2n) is 3.06. The summed E-state index contributed by atoms with van der Waals surface area (Å²) in [5.41, 5.74) is 2.90. The molecule has 0 aliphatic carbocycles. The summed E-state index contributed by atoms with van der Waals surface area (Å²) in [4.78, 5) is 10.7. The Morgan fingerprint density at radius 2 is 2.45 bits per heavy atom. The molecule has 5 heteroatoms. The zero-order chi connectivity index (χ0) is 7.90. The van der Waals surface area contributed by atoms with Crippen LogP contribution < -0.4 is 10.7 Å². The van der Waals surface area contributed by atoms with Crippen LogP contribution in [0.5, 0.6) is 0 Å². The zero-order valence-electron chi connectivity index (χ0n) is 6.39.